The number of thioether (sulfide) groups is 1. The topological polar surface area (TPSA) is 90.2 Å². The lowest BCUT2D eigenvalue weighted by atomic mass is 9.99. The molecule has 1 saturated heterocycles. The van der Waals surface area contributed by atoms with Crippen LogP contribution in [0.5, 0.6) is 0 Å². The molecule has 240 valence electrons. The van der Waals surface area contributed by atoms with E-state index < -0.39 is 5.97 Å². The van der Waals surface area contributed by atoms with Gasteiger partial charge in [0.15, 0.2) is 5.78 Å². The van der Waals surface area contributed by atoms with Crippen LogP contribution in [0.2, 0.25) is 5.02 Å². The minimum atomic E-state index is -0.602. The van der Waals surface area contributed by atoms with Crippen LogP contribution in [0.1, 0.15) is 46.5 Å². The number of fused-ring (bicyclic) bond motifs is 3. The first kappa shape index (κ1) is 32.5. The highest BCUT2D eigenvalue weighted by Crippen LogP contribution is 2.32. The molecule has 0 saturated carbocycles. The van der Waals surface area contributed by atoms with Crippen molar-refractivity contribution in [3.8, 4) is 0 Å². The SMILES string of the molecule is CCn1c2ccc(C(=O)C(CCSc3ccc(Cl)cc3)=NOC(C)=O)cc2c2cc(C(=O)c3ccc(N4CCOCC4)cc3)ccc21. The molecular weight excluding hydrogens is 634 g/mol. The number of carbonyl (C=O) groups excluding carboxylic acids is 3. The number of ketones is 2. The fourth-order valence-electron chi connectivity index (χ4n) is 5.82. The fourth-order valence-corrected chi connectivity index (χ4v) is 6.81. The Morgan fingerprint density at radius 2 is 1.47 bits per heavy atom. The highest BCUT2D eigenvalue weighted by atomic mass is 35.5. The first-order chi connectivity index (χ1) is 22.8. The van der Waals surface area contributed by atoms with E-state index in [9.17, 15) is 14.4 Å². The standard InChI is InChI=1S/C37H34ClN3O5S/c1-3-41-34-14-6-26(36(43)25-4-10-29(11-5-25)40-17-19-45-20-18-40)22-31(34)32-23-27(7-15-35(32)41)37(44)33(39-46-24(2)42)16-21-47-30-12-8-28(38)9-13-30/h4-15,22-23H,3,16-21H2,1-2H3. The number of nitrogens with zero attached hydrogens (tertiary/aromatic N) is 3. The molecule has 0 unspecified atom stereocenters. The van der Waals surface area contributed by atoms with Crippen LogP contribution in [0.4, 0.5) is 5.69 Å². The van der Waals surface area contributed by atoms with Crippen molar-refractivity contribution in [2.24, 2.45) is 5.16 Å². The maximum absolute atomic E-state index is 13.8. The molecular formula is C37H34ClN3O5S. The summed E-state index contributed by atoms with van der Waals surface area (Å²) in [5, 5.41) is 6.32. The van der Waals surface area contributed by atoms with Gasteiger partial charge in [0.05, 0.1) is 13.2 Å². The van der Waals surface area contributed by atoms with E-state index in [0.717, 1.165) is 45.5 Å². The zero-order chi connectivity index (χ0) is 32.9. The van der Waals surface area contributed by atoms with Crippen molar-refractivity contribution in [1.82, 2.24) is 4.57 Å². The Labute approximate surface area is 282 Å². The Hall–Kier alpha value is -4.44. The van der Waals surface area contributed by atoms with Crippen LogP contribution < -0.4 is 4.90 Å². The van der Waals surface area contributed by atoms with Crippen molar-refractivity contribution in [3.63, 3.8) is 0 Å². The van der Waals surface area contributed by atoms with Crippen molar-refractivity contribution < 1.29 is 24.0 Å². The number of aromatic nitrogens is 1. The van der Waals surface area contributed by atoms with Gasteiger partial charge in [-0.05, 0) is 91.9 Å². The van der Waals surface area contributed by atoms with Gasteiger partial charge in [0, 0.05) is 92.8 Å². The molecule has 0 aliphatic carbocycles. The van der Waals surface area contributed by atoms with Crippen molar-refractivity contribution >= 4 is 74.1 Å². The van der Waals surface area contributed by atoms with Crippen molar-refractivity contribution in [1.29, 1.82) is 0 Å². The third-order valence-electron chi connectivity index (χ3n) is 8.18. The Bertz CT molecular complexity index is 1980. The molecule has 1 aliphatic heterocycles. The molecule has 47 heavy (non-hydrogen) atoms. The molecule has 1 aliphatic rings. The quantitative estimate of drug-likeness (QED) is 0.0466. The number of benzene rings is 4. The Balaban J connectivity index is 1.29. The summed E-state index contributed by atoms with van der Waals surface area (Å²) in [7, 11) is 0. The number of hydrogen-bond donors (Lipinski definition) is 0. The number of ether oxygens (including phenoxy) is 1. The number of carbonyl (C=O) groups is 3. The van der Waals surface area contributed by atoms with Crippen LogP contribution in [0.3, 0.4) is 0 Å². The lowest BCUT2D eigenvalue weighted by Gasteiger charge is -2.28. The second-order valence-corrected chi connectivity index (χ2v) is 12.8. The van der Waals surface area contributed by atoms with Gasteiger partial charge in [0.25, 0.3) is 0 Å². The van der Waals surface area contributed by atoms with Crippen LogP contribution in [0.15, 0.2) is 95.0 Å². The monoisotopic (exact) mass is 667 g/mol. The molecule has 1 fully saturated rings. The van der Waals surface area contributed by atoms with Crippen LogP contribution >= 0.6 is 23.4 Å². The molecule has 10 heteroatoms. The summed E-state index contributed by atoms with van der Waals surface area (Å²) >= 11 is 7.55. The molecule has 4 aromatic carbocycles. The van der Waals surface area contributed by atoms with Gasteiger partial charge < -0.3 is 19.0 Å². The van der Waals surface area contributed by atoms with E-state index in [1.807, 2.05) is 78.9 Å². The van der Waals surface area contributed by atoms with E-state index in [0.29, 0.717) is 47.2 Å². The van der Waals surface area contributed by atoms with Gasteiger partial charge >= 0.3 is 5.97 Å². The molecule has 0 radical (unpaired) electrons. The maximum atomic E-state index is 13.8. The number of Topliss-reactive ketones (excluding diaryl/α,β-unsaturated/α-hetero) is 1. The molecule has 8 nitrogen and oxygen atoms in total. The highest BCUT2D eigenvalue weighted by molar-refractivity contribution is 7.99. The second-order valence-electron chi connectivity index (χ2n) is 11.2. The smallest absolute Gasteiger partial charge is 0.331 e. The summed E-state index contributed by atoms with van der Waals surface area (Å²) in [4.78, 5) is 47.2. The zero-order valence-electron chi connectivity index (χ0n) is 26.2. The predicted molar refractivity (Wildman–Crippen MR) is 188 cm³/mol. The Morgan fingerprint density at radius 3 is 2.11 bits per heavy atom. The number of rotatable bonds is 11. The zero-order valence-corrected chi connectivity index (χ0v) is 27.8. The summed E-state index contributed by atoms with van der Waals surface area (Å²) in [5.74, 6) is -0.451. The van der Waals surface area contributed by atoms with Crippen LogP contribution in [-0.4, -0.2) is 59.9 Å². The molecule has 1 aromatic heterocycles. The molecule has 6 rings (SSSR count). The van der Waals surface area contributed by atoms with Gasteiger partial charge in [-0.3, -0.25) is 9.59 Å². The number of hydrogen-bond acceptors (Lipinski definition) is 8. The summed E-state index contributed by atoms with van der Waals surface area (Å²) in [6.07, 6.45) is 0.289. The van der Waals surface area contributed by atoms with Crippen LogP contribution in [0.25, 0.3) is 21.8 Å². The lowest BCUT2D eigenvalue weighted by Crippen LogP contribution is -2.36. The largest absolute Gasteiger partial charge is 0.378 e. The minimum Gasteiger partial charge on any atom is -0.378 e. The van der Waals surface area contributed by atoms with Gasteiger partial charge in [-0.15, -0.1) is 11.8 Å². The van der Waals surface area contributed by atoms with Crippen molar-refractivity contribution in [2.45, 2.75) is 31.7 Å². The van der Waals surface area contributed by atoms with Gasteiger partial charge in [0.2, 0.25) is 5.78 Å². The highest BCUT2D eigenvalue weighted by Gasteiger charge is 2.20. The first-order valence-corrected chi connectivity index (χ1v) is 16.9. The number of oxime groups is 1. The number of halogens is 1. The average molecular weight is 668 g/mol. The molecule has 0 bridgehead atoms. The summed E-state index contributed by atoms with van der Waals surface area (Å²) in [6.45, 7) is 7.08. The minimum absolute atomic E-state index is 0.0703. The van der Waals surface area contributed by atoms with Gasteiger partial charge in [0.1, 0.15) is 5.71 Å². The summed E-state index contributed by atoms with van der Waals surface area (Å²) in [5.41, 5.74) is 4.75. The van der Waals surface area contributed by atoms with E-state index in [2.05, 4.69) is 21.5 Å². The Morgan fingerprint density at radius 1 is 0.851 bits per heavy atom. The van der Waals surface area contributed by atoms with Crippen molar-refractivity contribution in [2.75, 3.05) is 37.0 Å². The van der Waals surface area contributed by atoms with E-state index in [1.165, 1.54) is 6.92 Å². The second kappa shape index (κ2) is 14.5. The number of aryl methyl sites for hydroxylation is 1. The summed E-state index contributed by atoms with van der Waals surface area (Å²) in [6, 6.07) is 26.4. The van der Waals surface area contributed by atoms with Gasteiger partial charge in [-0.2, -0.15) is 0 Å². The normalized spacial score (nSPS) is 13.7. The van der Waals surface area contributed by atoms with Gasteiger partial charge in [-0.25, -0.2) is 4.79 Å². The maximum Gasteiger partial charge on any atom is 0.331 e. The lowest BCUT2D eigenvalue weighted by molar-refractivity contribution is -0.140. The molecule has 0 N–H and O–H groups in total. The van der Waals surface area contributed by atoms with E-state index in [-0.39, 0.29) is 23.7 Å². The molecule has 0 atom stereocenters. The fraction of sp³-hybridized carbons (Fsp3) is 0.243. The third kappa shape index (κ3) is 7.27. The van der Waals surface area contributed by atoms with Gasteiger partial charge in [-0.1, -0.05) is 16.8 Å². The molecule has 5 aromatic rings. The van der Waals surface area contributed by atoms with Crippen LogP contribution in [0, 0.1) is 0 Å². The average Bonchev–Trinajstić information content (AvgIpc) is 3.42. The number of anilines is 1. The van der Waals surface area contributed by atoms with Crippen LogP contribution in [-0.2, 0) is 20.9 Å². The van der Waals surface area contributed by atoms with E-state index in [4.69, 9.17) is 21.2 Å². The molecule has 0 spiro atoms. The summed E-state index contributed by atoms with van der Waals surface area (Å²) < 4.78 is 7.63. The van der Waals surface area contributed by atoms with E-state index in [1.54, 1.807) is 17.8 Å². The van der Waals surface area contributed by atoms with Crippen molar-refractivity contribution in [3.05, 3.63) is 107 Å². The Kier molecular flexibility index (Phi) is 10.1. The molecule has 2 heterocycles. The predicted octanol–water partition coefficient (Wildman–Crippen LogP) is 7.82. The first-order valence-electron chi connectivity index (χ1n) is 15.5. The third-order valence-corrected chi connectivity index (χ3v) is 9.44. The molecule has 0 amide bonds. The number of morpholine rings is 1. The van der Waals surface area contributed by atoms with E-state index >= 15 is 0 Å².